The first kappa shape index (κ1) is 18.3. The van der Waals surface area contributed by atoms with E-state index in [1.807, 2.05) is 18.2 Å². The van der Waals surface area contributed by atoms with Gasteiger partial charge in [0.15, 0.2) is 0 Å². The molecule has 21 heavy (non-hydrogen) atoms. The number of nitrogens with two attached hydrogens (primary N) is 1. The van der Waals surface area contributed by atoms with Gasteiger partial charge in [-0.15, -0.1) is 0 Å². The SMILES string of the molecule is COCCOCCOCCOc1ccc(C(N)=S)cc1Br. The third kappa shape index (κ3) is 7.73. The molecule has 0 bridgehead atoms. The summed E-state index contributed by atoms with van der Waals surface area (Å²) in [6.07, 6.45) is 0. The maximum atomic E-state index is 5.60. The fourth-order valence-corrected chi connectivity index (χ4v) is 2.07. The summed E-state index contributed by atoms with van der Waals surface area (Å²) in [5, 5.41) is 0. The van der Waals surface area contributed by atoms with Gasteiger partial charge >= 0.3 is 0 Å². The Kier molecular flexibility index (Phi) is 9.53. The largest absolute Gasteiger partial charge is 0.490 e. The maximum absolute atomic E-state index is 5.60. The molecule has 0 aromatic heterocycles. The van der Waals surface area contributed by atoms with E-state index in [9.17, 15) is 0 Å². The highest BCUT2D eigenvalue weighted by atomic mass is 79.9. The zero-order chi connectivity index (χ0) is 15.5. The Balaban J connectivity index is 2.14. The van der Waals surface area contributed by atoms with E-state index in [1.54, 1.807) is 7.11 Å². The van der Waals surface area contributed by atoms with Crippen molar-refractivity contribution in [3.05, 3.63) is 28.2 Å². The molecule has 0 saturated carbocycles. The van der Waals surface area contributed by atoms with E-state index < -0.39 is 0 Å². The predicted molar refractivity (Wildman–Crippen MR) is 89.0 cm³/mol. The molecule has 0 atom stereocenters. The Hall–Kier alpha value is -0.730. The van der Waals surface area contributed by atoms with Gasteiger partial charge < -0.3 is 24.7 Å². The molecule has 0 aliphatic heterocycles. The lowest BCUT2D eigenvalue weighted by Crippen LogP contribution is -2.13. The van der Waals surface area contributed by atoms with Crippen molar-refractivity contribution < 1.29 is 18.9 Å². The number of rotatable bonds is 11. The second-order valence-electron chi connectivity index (χ2n) is 4.08. The van der Waals surface area contributed by atoms with Gasteiger partial charge in [0.25, 0.3) is 0 Å². The number of benzene rings is 1. The number of ether oxygens (including phenoxy) is 4. The lowest BCUT2D eigenvalue weighted by molar-refractivity contribution is 0.0179. The molecule has 1 aromatic carbocycles. The van der Waals surface area contributed by atoms with Crippen LogP contribution in [0.15, 0.2) is 22.7 Å². The van der Waals surface area contributed by atoms with Crippen molar-refractivity contribution in [3.8, 4) is 5.75 Å². The maximum Gasteiger partial charge on any atom is 0.133 e. The van der Waals surface area contributed by atoms with Crippen LogP contribution in [0.25, 0.3) is 0 Å². The topological polar surface area (TPSA) is 62.9 Å². The van der Waals surface area contributed by atoms with Crippen molar-refractivity contribution in [1.29, 1.82) is 0 Å². The normalized spacial score (nSPS) is 10.6. The van der Waals surface area contributed by atoms with Crippen LogP contribution in [0.5, 0.6) is 5.75 Å². The molecule has 0 aliphatic rings. The van der Waals surface area contributed by atoms with E-state index in [-0.39, 0.29) is 0 Å². The van der Waals surface area contributed by atoms with Crippen LogP contribution in [0, 0.1) is 0 Å². The first-order chi connectivity index (χ1) is 10.1. The van der Waals surface area contributed by atoms with Gasteiger partial charge in [0, 0.05) is 12.7 Å². The fourth-order valence-electron chi connectivity index (χ4n) is 1.45. The van der Waals surface area contributed by atoms with Crippen LogP contribution in [-0.2, 0) is 14.2 Å². The molecule has 118 valence electrons. The molecule has 0 aliphatic carbocycles. The second kappa shape index (κ2) is 10.9. The van der Waals surface area contributed by atoms with Gasteiger partial charge in [-0.2, -0.15) is 0 Å². The number of hydrogen-bond acceptors (Lipinski definition) is 5. The molecule has 0 radical (unpaired) electrons. The van der Waals surface area contributed by atoms with Crippen LogP contribution >= 0.6 is 28.1 Å². The van der Waals surface area contributed by atoms with Crippen molar-refractivity contribution in [3.63, 3.8) is 0 Å². The lowest BCUT2D eigenvalue weighted by atomic mass is 10.2. The van der Waals surface area contributed by atoms with Gasteiger partial charge in [-0.1, -0.05) is 12.2 Å². The third-order valence-electron chi connectivity index (χ3n) is 2.51. The summed E-state index contributed by atoms with van der Waals surface area (Å²) < 4.78 is 21.9. The molecule has 0 spiro atoms. The highest BCUT2D eigenvalue weighted by molar-refractivity contribution is 9.10. The molecule has 0 amide bonds. The summed E-state index contributed by atoms with van der Waals surface area (Å²) in [6.45, 7) is 3.22. The monoisotopic (exact) mass is 377 g/mol. The zero-order valence-corrected chi connectivity index (χ0v) is 14.4. The molecule has 0 saturated heterocycles. The highest BCUT2D eigenvalue weighted by Crippen LogP contribution is 2.25. The Morgan fingerprint density at radius 3 is 2.29 bits per heavy atom. The summed E-state index contributed by atoms with van der Waals surface area (Å²) in [7, 11) is 1.64. The molecular formula is C14H20BrNO4S. The van der Waals surface area contributed by atoms with Crippen LogP contribution in [0.1, 0.15) is 5.56 Å². The fraction of sp³-hybridized carbons (Fsp3) is 0.500. The molecule has 7 heteroatoms. The summed E-state index contributed by atoms with van der Waals surface area (Å²) in [5.74, 6) is 0.731. The number of hydrogen-bond donors (Lipinski definition) is 1. The summed E-state index contributed by atoms with van der Waals surface area (Å²) in [4.78, 5) is 0.360. The van der Waals surface area contributed by atoms with E-state index in [0.717, 1.165) is 15.8 Å². The molecule has 1 rings (SSSR count). The quantitative estimate of drug-likeness (QED) is 0.470. The number of halogens is 1. The predicted octanol–water partition coefficient (Wildman–Crippen LogP) is 2.14. The van der Waals surface area contributed by atoms with Gasteiger partial charge in [-0.3, -0.25) is 0 Å². The van der Waals surface area contributed by atoms with Crippen LogP contribution in [0.4, 0.5) is 0 Å². The smallest absolute Gasteiger partial charge is 0.133 e. The molecule has 2 N–H and O–H groups in total. The van der Waals surface area contributed by atoms with Crippen LogP contribution in [-0.4, -0.2) is 51.7 Å². The second-order valence-corrected chi connectivity index (χ2v) is 5.37. The van der Waals surface area contributed by atoms with Gasteiger partial charge in [0.05, 0.1) is 37.5 Å². The summed E-state index contributed by atoms with van der Waals surface area (Å²) in [6, 6.07) is 5.49. The number of thiocarbonyl (C=S) groups is 1. The molecular weight excluding hydrogens is 358 g/mol. The van der Waals surface area contributed by atoms with Crippen LogP contribution in [0.2, 0.25) is 0 Å². The first-order valence-electron chi connectivity index (χ1n) is 6.51. The molecule has 0 fully saturated rings. The minimum absolute atomic E-state index is 0.360. The van der Waals surface area contributed by atoms with E-state index >= 15 is 0 Å². The van der Waals surface area contributed by atoms with Crippen molar-refractivity contribution in [2.24, 2.45) is 5.73 Å². The average Bonchev–Trinajstić information content (AvgIpc) is 2.46. The first-order valence-corrected chi connectivity index (χ1v) is 7.72. The van der Waals surface area contributed by atoms with E-state index in [0.29, 0.717) is 44.6 Å². The minimum atomic E-state index is 0.360. The Labute approximate surface area is 138 Å². The molecule has 1 aromatic rings. The van der Waals surface area contributed by atoms with E-state index in [2.05, 4.69) is 15.9 Å². The van der Waals surface area contributed by atoms with Crippen molar-refractivity contribution in [2.75, 3.05) is 46.8 Å². The van der Waals surface area contributed by atoms with Crippen LogP contribution in [0.3, 0.4) is 0 Å². The molecule has 5 nitrogen and oxygen atoms in total. The van der Waals surface area contributed by atoms with Gasteiger partial charge in [0.2, 0.25) is 0 Å². The highest BCUT2D eigenvalue weighted by Gasteiger charge is 2.04. The molecule has 0 heterocycles. The minimum Gasteiger partial charge on any atom is -0.490 e. The van der Waals surface area contributed by atoms with E-state index in [4.69, 9.17) is 36.9 Å². The van der Waals surface area contributed by atoms with Crippen molar-refractivity contribution in [2.45, 2.75) is 0 Å². The van der Waals surface area contributed by atoms with Crippen LogP contribution < -0.4 is 10.5 Å². The standard InChI is InChI=1S/C14H20BrNO4S/c1-17-4-5-18-6-7-19-8-9-20-13-3-2-11(14(16)21)10-12(13)15/h2-3,10H,4-9H2,1H3,(H2,16,21). The molecule has 0 unspecified atom stereocenters. The lowest BCUT2D eigenvalue weighted by Gasteiger charge is -2.10. The van der Waals surface area contributed by atoms with Crippen molar-refractivity contribution in [1.82, 2.24) is 0 Å². The summed E-state index contributed by atoms with van der Waals surface area (Å²) in [5.41, 5.74) is 6.36. The van der Waals surface area contributed by atoms with Gasteiger partial charge in [-0.05, 0) is 34.1 Å². The van der Waals surface area contributed by atoms with Gasteiger partial charge in [-0.25, -0.2) is 0 Å². The number of methoxy groups -OCH3 is 1. The average molecular weight is 378 g/mol. The Bertz CT molecular complexity index is 445. The third-order valence-corrected chi connectivity index (χ3v) is 3.36. The zero-order valence-electron chi connectivity index (χ0n) is 12.0. The Morgan fingerprint density at radius 2 is 1.71 bits per heavy atom. The van der Waals surface area contributed by atoms with E-state index in [1.165, 1.54) is 0 Å². The summed E-state index contributed by atoms with van der Waals surface area (Å²) >= 11 is 8.34. The van der Waals surface area contributed by atoms with Crippen molar-refractivity contribution >= 4 is 33.1 Å². The van der Waals surface area contributed by atoms with Gasteiger partial charge in [0.1, 0.15) is 17.3 Å². The Morgan fingerprint density at radius 1 is 1.10 bits per heavy atom.